The maximum Gasteiger partial charge on any atom is 0.252 e. The zero-order chi connectivity index (χ0) is 16.9. The van der Waals surface area contributed by atoms with Crippen LogP contribution < -0.4 is 15.9 Å². The number of aromatic amines is 1. The summed E-state index contributed by atoms with van der Waals surface area (Å²) < 4.78 is 0. The van der Waals surface area contributed by atoms with Crippen LogP contribution in [0.5, 0.6) is 0 Å². The molecule has 126 valence electrons. The Bertz CT molecular complexity index is 773. The quantitative estimate of drug-likeness (QED) is 0.669. The van der Waals surface area contributed by atoms with Gasteiger partial charge in [-0.25, -0.2) is 10.4 Å². The number of hydrogen-bond donors (Lipinski definition) is 2. The molecule has 6 nitrogen and oxygen atoms in total. The number of hydrazone groups is 1. The van der Waals surface area contributed by atoms with Crippen molar-refractivity contribution in [2.24, 2.45) is 5.10 Å². The number of benzene rings is 1. The highest BCUT2D eigenvalue weighted by Crippen LogP contribution is 2.20. The first kappa shape index (κ1) is 16.2. The molecule has 1 fully saturated rings. The van der Waals surface area contributed by atoms with Gasteiger partial charge in [0.2, 0.25) is 5.95 Å². The van der Waals surface area contributed by atoms with Gasteiger partial charge < -0.3 is 4.90 Å². The Labute approximate surface area is 141 Å². The van der Waals surface area contributed by atoms with Gasteiger partial charge in [0, 0.05) is 30.5 Å². The highest BCUT2D eigenvalue weighted by Gasteiger charge is 2.10. The van der Waals surface area contributed by atoms with Crippen molar-refractivity contribution < 1.29 is 0 Å². The Morgan fingerprint density at radius 3 is 2.58 bits per heavy atom. The molecule has 0 saturated carbocycles. The summed E-state index contributed by atoms with van der Waals surface area (Å²) in [6.45, 7) is 5.98. The molecule has 6 heteroatoms. The molecule has 2 N–H and O–H groups in total. The fourth-order valence-electron chi connectivity index (χ4n) is 2.90. The van der Waals surface area contributed by atoms with Crippen LogP contribution in [-0.2, 0) is 0 Å². The van der Waals surface area contributed by atoms with Crippen LogP contribution in [0.2, 0.25) is 0 Å². The first-order chi connectivity index (χ1) is 11.6. The molecule has 0 bridgehead atoms. The molecule has 0 spiro atoms. The number of aryl methyl sites for hydroxylation is 1. The van der Waals surface area contributed by atoms with Crippen LogP contribution in [0.1, 0.15) is 37.4 Å². The maximum absolute atomic E-state index is 11.4. The van der Waals surface area contributed by atoms with E-state index in [-0.39, 0.29) is 5.56 Å². The largest absolute Gasteiger partial charge is 0.372 e. The van der Waals surface area contributed by atoms with Gasteiger partial charge in [-0.05, 0) is 50.8 Å². The molecule has 1 saturated heterocycles. The zero-order valence-electron chi connectivity index (χ0n) is 14.2. The van der Waals surface area contributed by atoms with Gasteiger partial charge >= 0.3 is 0 Å². The lowest BCUT2D eigenvalue weighted by Crippen LogP contribution is -2.29. The molecular formula is C18H23N5O. The van der Waals surface area contributed by atoms with Crippen molar-refractivity contribution in [2.45, 2.75) is 33.1 Å². The highest BCUT2D eigenvalue weighted by atomic mass is 16.1. The molecular weight excluding hydrogens is 302 g/mol. The molecule has 3 rings (SSSR count). The van der Waals surface area contributed by atoms with E-state index in [2.05, 4.69) is 49.7 Å². The third-order valence-electron chi connectivity index (χ3n) is 4.21. The van der Waals surface area contributed by atoms with Crippen molar-refractivity contribution in [2.75, 3.05) is 23.4 Å². The van der Waals surface area contributed by atoms with Crippen LogP contribution >= 0.6 is 0 Å². The first-order valence-electron chi connectivity index (χ1n) is 8.35. The van der Waals surface area contributed by atoms with E-state index >= 15 is 0 Å². The molecule has 1 aromatic carbocycles. The third-order valence-corrected chi connectivity index (χ3v) is 4.21. The van der Waals surface area contributed by atoms with Crippen molar-refractivity contribution in [1.29, 1.82) is 0 Å². The molecule has 0 radical (unpaired) electrons. The zero-order valence-corrected chi connectivity index (χ0v) is 14.2. The summed E-state index contributed by atoms with van der Waals surface area (Å²) in [5, 5.41) is 4.31. The van der Waals surface area contributed by atoms with Crippen molar-refractivity contribution in [3.63, 3.8) is 0 Å². The summed E-state index contributed by atoms with van der Waals surface area (Å²) in [6.07, 6.45) is 3.88. The number of hydrogen-bond acceptors (Lipinski definition) is 5. The number of aromatic nitrogens is 2. The van der Waals surface area contributed by atoms with Crippen molar-refractivity contribution in [3.05, 3.63) is 51.9 Å². The summed E-state index contributed by atoms with van der Waals surface area (Å²) in [4.78, 5) is 20.7. The van der Waals surface area contributed by atoms with Crippen LogP contribution in [0, 0.1) is 6.92 Å². The first-order valence-corrected chi connectivity index (χ1v) is 8.35. The fourth-order valence-corrected chi connectivity index (χ4v) is 2.90. The standard InChI is InChI=1S/C18H23N5O/c1-13-12-17(24)20-18(19-13)22-21-14(2)15-6-8-16(9-7-15)23-10-4-3-5-11-23/h6-9,12H,3-5,10-11H2,1-2H3,(H2,19,20,22,24)/b21-14+. The van der Waals surface area contributed by atoms with Crippen LogP contribution in [0.25, 0.3) is 0 Å². The average Bonchev–Trinajstić information content (AvgIpc) is 2.60. The predicted octanol–water partition coefficient (Wildman–Crippen LogP) is 2.90. The number of piperidine rings is 1. The van der Waals surface area contributed by atoms with Gasteiger partial charge in [0.05, 0.1) is 5.71 Å². The van der Waals surface area contributed by atoms with Gasteiger partial charge in [0.1, 0.15) is 0 Å². The van der Waals surface area contributed by atoms with Gasteiger partial charge in [-0.3, -0.25) is 9.78 Å². The van der Waals surface area contributed by atoms with E-state index in [1.165, 1.54) is 31.0 Å². The monoisotopic (exact) mass is 325 g/mol. The Kier molecular flexibility index (Phi) is 4.93. The SMILES string of the molecule is C/C(=N\Nc1nc(C)cc(=O)[nH]1)c1ccc(N2CCCCC2)cc1. The molecule has 1 aliphatic heterocycles. The minimum absolute atomic E-state index is 0.191. The number of H-pyrrole nitrogens is 1. The van der Waals surface area contributed by atoms with Crippen molar-refractivity contribution in [3.8, 4) is 0 Å². The van der Waals surface area contributed by atoms with E-state index in [4.69, 9.17) is 0 Å². The lowest BCUT2D eigenvalue weighted by molar-refractivity contribution is 0.578. The van der Waals surface area contributed by atoms with Crippen molar-refractivity contribution >= 4 is 17.3 Å². The van der Waals surface area contributed by atoms with Crippen LogP contribution in [0.4, 0.5) is 11.6 Å². The van der Waals surface area contributed by atoms with Gasteiger partial charge in [-0.2, -0.15) is 5.10 Å². The highest BCUT2D eigenvalue weighted by molar-refractivity contribution is 5.99. The van der Waals surface area contributed by atoms with Gasteiger partial charge in [-0.1, -0.05) is 12.1 Å². The minimum atomic E-state index is -0.191. The third kappa shape index (κ3) is 4.01. The molecule has 1 aliphatic rings. The second-order valence-electron chi connectivity index (χ2n) is 6.14. The van der Waals surface area contributed by atoms with E-state index in [0.717, 1.165) is 24.4 Å². The molecule has 24 heavy (non-hydrogen) atoms. The second-order valence-corrected chi connectivity index (χ2v) is 6.14. The van der Waals surface area contributed by atoms with E-state index in [1.807, 2.05) is 6.92 Å². The van der Waals surface area contributed by atoms with Crippen LogP contribution in [0.15, 0.2) is 40.2 Å². The van der Waals surface area contributed by atoms with E-state index in [0.29, 0.717) is 11.6 Å². The predicted molar refractivity (Wildman–Crippen MR) is 97.9 cm³/mol. The van der Waals surface area contributed by atoms with Gasteiger partial charge in [0.15, 0.2) is 0 Å². The summed E-state index contributed by atoms with van der Waals surface area (Å²) in [7, 11) is 0. The smallest absolute Gasteiger partial charge is 0.252 e. The van der Waals surface area contributed by atoms with Gasteiger partial charge in [0.25, 0.3) is 5.56 Å². The molecule has 0 unspecified atom stereocenters. The number of nitrogens with zero attached hydrogens (tertiary/aromatic N) is 3. The van der Waals surface area contributed by atoms with Crippen LogP contribution in [0.3, 0.4) is 0 Å². The van der Waals surface area contributed by atoms with Crippen LogP contribution in [-0.4, -0.2) is 28.8 Å². The lowest BCUT2D eigenvalue weighted by atomic mass is 10.1. The molecule has 2 aromatic rings. The molecule has 0 aliphatic carbocycles. The lowest BCUT2D eigenvalue weighted by Gasteiger charge is -2.28. The Balaban J connectivity index is 1.69. The minimum Gasteiger partial charge on any atom is -0.372 e. The molecule has 0 amide bonds. The molecule has 1 aromatic heterocycles. The Hall–Kier alpha value is -2.63. The number of rotatable bonds is 4. The summed E-state index contributed by atoms with van der Waals surface area (Å²) >= 11 is 0. The summed E-state index contributed by atoms with van der Waals surface area (Å²) in [5.41, 5.74) is 6.42. The van der Waals surface area contributed by atoms with E-state index in [1.54, 1.807) is 6.92 Å². The average molecular weight is 325 g/mol. The fraction of sp³-hybridized carbons (Fsp3) is 0.389. The Morgan fingerprint density at radius 1 is 1.21 bits per heavy atom. The summed E-state index contributed by atoms with van der Waals surface area (Å²) in [6, 6.07) is 9.90. The molecule has 0 atom stereocenters. The van der Waals surface area contributed by atoms with E-state index in [9.17, 15) is 4.79 Å². The Morgan fingerprint density at radius 2 is 1.92 bits per heavy atom. The summed E-state index contributed by atoms with van der Waals surface area (Å²) in [5.74, 6) is 0.351. The second kappa shape index (κ2) is 7.29. The topological polar surface area (TPSA) is 73.4 Å². The van der Waals surface area contributed by atoms with Crippen molar-refractivity contribution in [1.82, 2.24) is 9.97 Å². The number of nitrogens with one attached hydrogen (secondary N) is 2. The number of anilines is 2. The molecule has 2 heterocycles. The normalized spacial score (nSPS) is 15.4. The maximum atomic E-state index is 11.4. The van der Waals surface area contributed by atoms with E-state index < -0.39 is 0 Å². The van der Waals surface area contributed by atoms with Gasteiger partial charge in [-0.15, -0.1) is 0 Å².